The fourth-order valence-corrected chi connectivity index (χ4v) is 2.01. The predicted molar refractivity (Wildman–Crippen MR) is 64.3 cm³/mol. The van der Waals surface area contributed by atoms with E-state index in [4.69, 9.17) is 5.73 Å². The van der Waals surface area contributed by atoms with Crippen molar-refractivity contribution < 1.29 is 9.59 Å². The van der Waals surface area contributed by atoms with Gasteiger partial charge in [-0.2, -0.15) is 0 Å². The topological polar surface area (TPSA) is 63.4 Å². The number of carbonyl (C=O) groups excluding carboxylic acids is 2. The van der Waals surface area contributed by atoms with Crippen molar-refractivity contribution in [3.63, 3.8) is 0 Å². The van der Waals surface area contributed by atoms with Crippen molar-refractivity contribution in [2.75, 3.05) is 6.54 Å². The van der Waals surface area contributed by atoms with Crippen molar-refractivity contribution in [2.45, 2.75) is 25.3 Å². The molecule has 1 aromatic rings. The van der Waals surface area contributed by atoms with Gasteiger partial charge in [-0.3, -0.25) is 14.5 Å². The molecule has 0 aliphatic carbocycles. The van der Waals surface area contributed by atoms with Crippen LogP contribution in [0.3, 0.4) is 0 Å². The molecule has 17 heavy (non-hydrogen) atoms. The SMILES string of the molecule is N[C@@H]1CCCCN(C(=O)c2ccccc2)C1=O. The first-order valence-corrected chi connectivity index (χ1v) is 5.86. The Labute approximate surface area is 100 Å². The molecule has 2 N–H and O–H groups in total. The second-order valence-corrected chi connectivity index (χ2v) is 4.26. The van der Waals surface area contributed by atoms with E-state index in [0.717, 1.165) is 12.8 Å². The number of nitrogens with zero attached hydrogens (tertiary/aromatic N) is 1. The number of likely N-dealkylation sites (tertiary alicyclic amines) is 1. The third kappa shape index (κ3) is 2.53. The molecule has 1 fully saturated rings. The third-order valence-electron chi connectivity index (χ3n) is 3.00. The summed E-state index contributed by atoms with van der Waals surface area (Å²) in [7, 11) is 0. The Kier molecular flexibility index (Phi) is 3.54. The van der Waals surface area contributed by atoms with E-state index in [0.29, 0.717) is 18.5 Å². The Bertz CT molecular complexity index is 417. The molecular formula is C13H16N2O2. The van der Waals surface area contributed by atoms with Gasteiger partial charge in [-0.25, -0.2) is 0 Å². The van der Waals surface area contributed by atoms with Crippen molar-refractivity contribution in [3.8, 4) is 0 Å². The lowest BCUT2D eigenvalue weighted by Gasteiger charge is -2.20. The second-order valence-electron chi connectivity index (χ2n) is 4.26. The van der Waals surface area contributed by atoms with Crippen molar-refractivity contribution in [3.05, 3.63) is 35.9 Å². The van der Waals surface area contributed by atoms with Crippen LogP contribution in [0.25, 0.3) is 0 Å². The zero-order valence-corrected chi connectivity index (χ0v) is 9.63. The van der Waals surface area contributed by atoms with Crippen LogP contribution in [0.5, 0.6) is 0 Å². The molecule has 2 amide bonds. The van der Waals surface area contributed by atoms with Gasteiger partial charge in [0.05, 0.1) is 6.04 Å². The molecule has 1 aliphatic rings. The zero-order valence-electron chi connectivity index (χ0n) is 9.63. The lowest BCUT2D eigenvalue weighted by Crippen LogP contribution is -2.45. The molecule has 1 atom stereocenters. The number of hydrogen-bond acceptors (Lipinski definition) is 3. The summed E-state index contributed by atoms with van der Waals surface area (Å²) >= 11 is 0. The zero-order chi connectivity index (χ0) is 12.3. The van der Waals surface area contributed by atoms with Crippen LogP contribution in [0, 0.1) is 0 Å². The number of imide groups is 1. The summed E-state index contributed by atoms with van der Waals surface area (Å²) in [4.78, 5) is 25.4. The first-order chi connectivity index (χ1) is 8.20. The highest BCUT2D eigenvalue weighted by Gasteiger charge is 2.28. The predicted octanol–water partition coefficient (Wildman–Crippen LogP) is 1.17. The van der Waals surface area contributed by atoms with Crippen molar-refractivity contribution in [2.24, 2.45) is 5.73 Å². The third-order valence-corrected chi connectivity index (χ3v) is 3.00. The molecule has 0 radical (unpaired) electrons. The summed E-state index contributed by atoms with van der Waals surface area (Å²) in [5.74, 6) is -0.496. The average molecular weight is 232 g/mol. The fraction of sp³-hybridized carbons (Fsp3) is 0.385. The number of amides is 2. The first-order valence-electron chi connectivity index (χ1n) is 5.86. The first kappa shape index (κ1) is 11.8. The van der Waals surface area contributed by atoms with Crippen LogP contribution in [0.15, 0.2) is 30.3 Å². The molecule has 4 nitrogen and oxygen atoms in total. The van der Waals surface area contributed by atoms with E-state index >= 15 is 0 Å². The molecule has 90 valence electrons. The van der Waals surface area contributed by atoms with Crippen molar-refractivity contribution >= 4 is 11.8 Å². The maximum atomic E-state index is 12.2. The number of rotatable bonds is 1. The summed E-state index contributed by atoms with van der Waals surface area (Å²) in [6.45, 7) is 0.472. The summed E-state index contributed by atoms with van der Waals surface area (Å²) in [5.41, 5.74) is 6.28. The number of benzene rings is 1. The van der Waals surface area contributed by atoms with Gasteiger partial charge in [0.15, 0.2) is 0 Å². The Hall–Kier alpha value is -1.68. The highest BCUT2D eigenvalue weighted by atomic mass is 16.2. The Balaban J connectivity index is 2.21. The molecule has 1 heterocycles. The van der Waals surface area contributed by atoms with Gasteiger partial charge in [0, 0.05) is 12.1 Å². The van der Waals surface area contributed by atoms with Crippen LogP contribution in [0.1, 0.15) is 29.6 Å². The van der Waals surface area contributed by atoms with Crippen LogP contribution < -0.4 is 5.73 Å². The summed E-state index contributed by atoms with van der Waals surface area (Å²) in [6.07, 6.45) is 2.39. The summed E-state index contributed by atoms with van der Waals surface area (Å²) in [6, 6.07) is 8.31. The minimum atomic E-state index is -0.537. The van der Waals surface area contributed by atoms with E-state index in [2.05, 4.69) is 0 Å². The van der Waals surface area contributed by atoms with E-state index in [1.807, 2.05) is 6.07 Å². The minimum absolute atomic E-state index is 0.243. The van der Waals surface area contributed by atoms with Crippen molar-refractivity contribution in [1.29, 1.82) is 0 Å². The van der Waals surface area contributed by atoms with Gasteiger partial charge in [0.25, 0.3) is 5.91 Å². The molecule has 0 bridgehead atoms. The second kappa shape index (κ2) is 5.10. The maximum absolute atomic E-state index is 12.2. The molecule has 1 aliphatic heterocycles. The van der Waals surface area contributed by atoms with Crippen LogP contribution in [-0.2, 0) is 4.79 Å². The quantitative estimate of drug-likeness (QED) is 0.739. The van der Waals surface area contributed by atoms with Gasteiger partial charge in [-0.15, -0.1) is 0 Å². The lowest BCUT2D eigenvalue weighted by molar-refractivity contribution is -0.129. The standard InChI is InChI=1S/C13H16N2O2/c14-11-8-4-5-9-15(13(11)17)12(16)10-6-2-1-3-7-10/h1-3,6-7,11H,4-5,8-9,14H2/t11-/m1/s1. The van der Waals surface area contributed by atoms with Crippen LogP contribution in [0.2, 0.25) is 0 Å². The van der Waals surface area contributed by atoms with E-state index in [9.17, 15) is 9.59 Å². The van der Waals surface area contributed by atoms with E-state index in [1.54, 1.807) is 24.3 Å². The highest BCUT2D eigenvalue weighted by molar-refractivity contribution is 6.06. The molecule has 4 heteroatoms. The van der Waals surface area contributed by atoms with Crippen LogP contribution >= 0.6 is 0 Å². The molecule has 0 saturated carbocycles. The molecule has 2 rings (SSSR count). The minimum Gasteiger partial charge on any atom is -0.320 e. The molecule has 0 aromatic heterocycles. The van der Waals surface area contributed by atoms with Gasteiger partial charge >= 0.3 is 0 Å². The van der Waals surface area contributed by atoms with Gasteiger partial charge < -0.3 is 5.73 Å². The molecular weight excluding hydrogens is 216 g/mol. The maximum Gasteiger partial charge on any atom is 0.260 e. The van der Waals surface area contributed by atoms with E-state index in [-0.39, 0.29) is 11.8 Å². The largest absolute Gasteiger partial charge is 0.320 e. The number of nitrogens with two attached hydrogens (primary N) is 1. The average Bonchev–Trinajstić information content (AvgIpc) is 2.53. The van der Waals surface area contributed by atoms with Gasteiger partial charge in [0.1, 0.15) is 0 Å². The number of hydrogen-bond donors (Lipinski definition) is 1. The van der Waals surface area contributed by atoms with Crippen molar-refractivity contribution in [1.82, 2.24) is 4.90 Å². The molecule has 0 unspecified atom stereocenters. The lowest BCUT2D eigenvalue weighted by atomic mass is 10.1. The molecule has 1 aromatic carbocycles. The normalized spacial score (nSPS) is 21.1. The van der Waals surface area contributed by atoms with Gasteiger partial charge in [-0.05, 0) is 31.4 Å². The van der Waals surface area contributed by atoms with Crippen LogP contribution in [-0.4, -0.2) is 29.3 Å². The Morgan fingerprint density at radius 2 is 1.94 bits per heavy atom. The summed E-state index contributed by atoms with van der Waals surface area (Å²) < 4.78 is 0. The van der Waals surface area contributed by atoms with Gasteiger partial charge in [0.2, 0.25) is 5.91 Å². The van der Waals surface area contributed by atoms with E-state index in [1.165, 1.54) is 4.90 Å². The fourth-order valence-electron chi connectivity index (χ4n) is 2.01. The van der Waals surface area contributed by atoms with E-state index < -0.39 is 6.04 Å². The Morgan fingerprint density at radius 3 is 2.65 bits per heavy atom. The highest BCUT2D eigenvalue weighted by Crippen LogP contribution is 2.14. The Morgan fingerprint density at radius 1 is 1.24 bits per heavy atom. The number of carbonyl (C=O) groups is 2. The van der Waals surface area contributed by atoms with Gasteiger partial charge in [-0.1, -0.05) is 18.2 Å². The smallest absolute Gasteiger partial charge is 0.260 e. The molecule has 1 saturated heterocycles. The molecule has 0 spiro atoms. The summed E-state index contributed by atoms with van der Waals surface area (Å²) in [5, 5.41) is 0. The van der Waals surface area contributed by atoms with Crippen LogP contribution in [0.4, 0.5) is 0 Å². The monoisotopic (exact) mass is 232 g/mol.